The molecule has 7 heteroatoms. The number of rotatable bonds is 4. The first-order valence-corrected chi connectivity index (χ1v) is 9.51. The van der Waals surface area contributed by atoms with Gasteiger partial charge in [-0.3, -0.25) is 9.59 Å². The Morgan fingerprint density at radius 1 is 1.10 bits per heavy atom. The van der Waals surface area contributed by atoms with Crippen LogP contribution >= 0.6 is 0 Å². The summed E-state index contributed by atoms with van der Waals surface area (Å²) in [6.07, 6.45) is 1.50. The second-order valence-electron chi connectivity index (χ2n) is 6.88. The van der Waals surface area contributed by atoms with Crippen molar-refractivity contribution < 1.29 is 14.3 Å². The molecule has 0 atom stereocenters. The molecule has 0 saturated carbocycles. The summed E-state index contributed by atoms with van der Waals surface area (Å²) in [6.45, 7) is 4.13. The standard InChI is InChI=1S/C22H22N4O3/c1-15-7-8-17(22(28)26-9-11-29-12-10-26)13-18(15)25-21(27)20-19(23-14-24-20)16-5-3-2-4-6-16/h2-8,13-14H,9-12H2,1H3,(H,23,24)(H,25,27). The molecule has 4 rings (SSSR count). The van der Waals surface area contributed by atoms with E-state index in [9.17, 15) is 9.59 Å². The zero-order chi connectivity index (χ0) is 20.2. The van der Waals surface area contributed by atoms with Gasteiger partial charge >= 0.3 is 0 Å². The number of ether oxygens (including phenoxy) is 1. The topological polar surface area (TPSA) is 87.3 Å². The van der Waals surface area contributed by atoms with Crippen molar-refractivity contribution in [3.05, 3.63) is 71.7 Å². The van der Waals surface area contributed by atoms with Crippen LogP contribution in [0.2, 0.25) is 0 Å². The molecule has 1 saturated heterocycles. The highest BCUT2D eigenvalue weighted by molar-refractivity contribution is 6.07. The number of nitrogens with one attached hydrogen (secondary N) is 2. The lowest BCUT2D eigenvalue weighted by Crippen LogP contribution is -2.40. The van der Waals surface area contributed by atoms with E-state index in [1.165, 1.54) is 6.33 Å². The van der Waals surface area contributed by atoms with Crippen molar-refractivity contribution in [2.75, 3.05) is 31.6 Å². The molecule has 1 aromatic heterocycles. The van der Waals surface area contributed by atoms with E-state index in [1.807, 2.05) is 43.3 Å². The van der Waals surface area contributed by atoms with Crippen molar-refractivity contribution in [2.45, 2.75) is 6.92 Å². The number of carbonyl (C=O) groups is 2. The Labute approximate surface area is 168 Å². The molecular formula is C22H22N4O3. The van der Waals surface area contributed by atoms with Crippen LogP contribution in [0.5, 0.6) is 0 Å². The zero-order valence-electron chi connectivity index (χ0n) is 16.1. The quantitative estimate of drug-likeness (QED) is 0.717. The van der Waals surface area contributed by atoms with Crippen molar-refractivity contribution in [1.29, 1.82) is 0 Å². The monoisotopic (exact) mass is 390 g/mol. The first-order valence-electron chi connectivity index (χ1n) is 9.51. The normalized spacial score (nSPS) is 13.9. The molecule has 1 aliphatic rings. The Kier molecular flexibility index (Phi) is 5.39. The first kappa shape index (κ1) is 18.9. The summed E-state index contributed by atoms with van der Waals surface area (Å²) in [5.41, 5.74) is 3.83. The minimum atomic E-state index is -0.305. The average Bonchev–Trinajstić information content (AvgIpc) is 3.26. The van der Waals surface area contributed by atoms with Gasteiger partial charge in [0.05, 0.1) is 19.5 Å². The Hall–Kier alpha value is -3.45. The van der Waals surface area contributed by atoms with Crippen molar-refractivity contribution in [1.82, 2.24) is 14.9 Å². The van der Waals surface area contributed by atoms with Crippen LogP contribution in [-0.4, -0.2) is 53.0 Å². The molecule has 148 valence electrons. The van der Waals surface area contributed by atoms with Crippen LogP contribution in [0.3, 0.4) is 0 Å². The molecule has 2 N–H and O–H groups in total. The van der Waals surface area contributed by atoms with Gasteiger partial charge in [0.1, 0.15) is 11.4 Å². The van der Waals surface area contributed by atoms with Crippen molar-refractivity contribution >= 4 is 17.5 Å². The number of aromatic amines is 1. The molecule has 0 radical (unpaired) electrons. The van der Waals surface area contributed by atoms with Crippen LogP contribution in [-0.2, 0) is 4.74 Å². The molecule has 1 fully saturated rings. The minimum Gasteiger partial charge on any atom is -0.378 e. The van der Waals surface area contributed by atoms with Crippen LogP contribution in [0.25, 0.3) is 11.3 Å². The summed E-state index contributed by atoms with van der Waals surface area (Å²) in [5.74, 6) is -0.365. The molecule has 1 aliphatic heterocycles. The number of H-pyrrole nitrogens is 1. The van der Waals surface area contributed by atoms with Gasteiger partial charge in [-0.25, -0.2) is 4.98 Å². The fraction of sp³-hybridized carbons (Fsp3) is 0.227. The predicted molar refractivity (Wildman–Crippen MR) is 110 cm³/mol. The molecule has 29 heavy (non-hydrogen) atoms. The van der Waals surface area contributed by atoms with Gasteiger partial charge in [-0.1, -0.05) is 36.4 Å². The SMILES string of the molecule is Cc1ccc(C(=O)N2CCOCC2)cc1NC(=O)c1[nH]cnc1-c1ccccc1. The highest BCUT2D eigenvalue weighted by Gasteiger charge is 2.21. The zero-order valence-corrected chi connectivity index (χ0v) is 16.1. The average molecular weight is 390 g/mol. The second-order valence-corrected chi connectivity index (χ2v) is 6.88. The van der Waals surface area contributed by atoms with E-state index in [1.54, 1.807) is 17.0 Å². The van der Waals surface area contributed by atoms with E-state index < -0.39 is 0 Å². The van der Waals surface area contributed by atoms with Gasteiger partial charge in [0.15, 0.2) is 0 Å². The summed E-state index contributed by atoms with van der Waals surface area (Å²) in [4.78, 5) is 34.6. The van der Waals surface area contributed by atoms with E-state index in [0.717, 1.165) is 11.1 Å². The number of carbonyl (C=O) groups excluding carboxylic acids is 2. The van der Waals surface area contributed by atoms with Gasteiger partial charge in [0.25, 0.3) is 11.8 Å². The van der Waals surface area contributed by atoms with E-state index in [0.29, 0.717) is 48.9 Å². The lowest BCUT2D eigenvalue weighted by atomic mass is 10.1. The summed E-state index contributed by atoms with van der Waals surface area (Å²) in [6, 6.07) is 14.9. The highest BCUT2D eigenvalue weighted by atomic mass is 16.5. The Bertz CT molecular complexity index is 1020. The second kappa shape index (κ2) is 8.28. The van der Waals surface area contributed by atoms with E-state index in [2.05, 4.69) is 15.3 Å². The van der Waals surface area contributed by atoms with Crippen molar-refractivity contribution in [2.24, 2.45) is 0 Å². The smallest absolute Gasteiger partial charge is 0.274 e. The maximum atomic E-state index is 12.9. The van der Waals surface area contributed by atoms with Gasteiger partial charge in [-0.15, -0.1) is 0 Å². The first-order chi connectivity index (χ1) is 14.1. The number of hydrogen-bond acceptors (Lipinski definition) is 4. The molecule has 0 aliphatic carbocycles. The fourth-order valence-corrected chi connectivity index (χ4v) is 3.31. The number of anilines is 1. The maximum Gasteiger partial charge on any atom is 0.274 e. The van der Waals surface area contributed by atoms with Gasteiger partial charge in [0.2, 0.25) is 0 Å². The van der Waals surface area contributed by atoms with Gasteiger partial charge in [-0.2, -0.15) is 0 Å². The molecule has 2 aromatic carbocycles. The van der Waals surface area contributed by atoms with Crippen LogP contribution in [0, 0.1) is 6.92 Å². The Morgan fingerprint density at radius 2 is 1.86 bits per heavy atom. The lowest BCUT2D eigenvalue weighted by Gasteiger charge is -2.27. The molecule has 0 spiro atoms. The van der Waals surface area contributed by atoms with E-state index in [-0.39, 0.29) is 11.8 Å². The molecule has 0 unspecified atom stereocenters. The number of benzene rings is 2. The summed E-state index contributed by atoms with van der Waals surface area (Å²) < 4.78 is 5.31. The van der Waals surface area contributed by atoms with Crippen molar-refractivity contribution in [3.8, 4) is 11.3 Å². The van der Waals surface area contributed by atoms with Crippen molar-refractivity contribution in [3.63, 3.8) is 0 Å². The number of nitrogens with zero attached hydrogens (tertiary/aromatic N) is 2. The third-order valence-corrected chi connectivity index (χ3v) is 4.94. The van der Waals surface area contributed by atoms with Gasteiger partial charge in [-0.05, 0) is 24.6 Å². The number of hydrogen-bond donors (Lipinski definition) is 2. The number of imidazole rings is 1. The van der Waals surface area contributed by atoms with Gasteiger partial charge < -0.3 is 19.9 Å². The Balaban J connectivity index is 1.56. The van der Waals surface area contributed by atoms with E-state index >= 15 is 0 Å². The number of aryl methyl sites for hydroxylation is 1. The molecule has 2 heterocycles. The largest absolute Gasteiger partial charge is 0.378 e. The summed E-state index contributed by atoms with van der Waals surface area (Å²) in [5, 5.41) is 2.92. The predicted octanol–water partition coefficient (Wildman–Crippen LogP) is 3.11. The lowest BCUT2D eigenvalue weighted by molar-refractivity contribution is 0.0303. The van der Waals surface area contributed by atoms with Crippen LogP contribution in [0.1, 0.15) is 26.4 Å². The van der Waals surface area contributed by atoms with E-state index in [4.69, 9.17) is 4.74 Å². The molecule has 2 amide bonds. The van der Waals surface area contributed by atoms with Crippen LogP contribution in [0.4, 0.5) is 5.69 Å². The van der Waals surface area contributed by atoms with Gasteiger partial charge in [0, 0.05) is 29.9 Å². The van der Waals surface area contributed by atoms with Crippen LogP contribution in [0.15, 0.2) is 54.9 Å². The Morgan fingerprint density at radius 3 is 2.62 bits per heavy atom. The molecular weight excluding hydrogens is 368 g/mol. The number of amides is 2. The number of morpholine rings is 1. The van der Waals surface area contributed by atoms with Crippen LogP contribution < -0.4 is 5.32 Å². The third kappa shape index (κ3) is 4.05. The molecule has 7 nitrogen and oxygen atoms in total. The molecule has 0 bridgehead atoms. The molecule has 3 aromatic rings. The summed E-state index contributed by atoms with van der Waals surface area (Å²) in [7, 11) is 0. The summed E-state index contributed by atoms with van der Waals surface area (Å²) >= 11 is 0. The third-order valence-electron chi connectivity index (χ3n) is 4.94. The maximum absolute atomic E-state index is 12.9. The number of aromatic nitrogens is 2. The fourth-order valence-electron chi connectivity index (χ4n) is 3.31. The highest BCUT2D eigenvalue weighted by Crippen LogP contribution is 2.23. The minimum absolute atomic E-state index is 0.0599.